The van der Waals surface area contributed by atoms with Crippen LogP contribution in [0.15, 0.2) is 78.0 Å². The fraction of sp³-hybridized carbons (Fsp3) is 0.0500. The Morgan fingerprint density at radius 2 is 1.78 bits per heavy atom. The second-order valence-electron chi connectivity index (χ2n) is 6.19. The van der Waals surface area contributed by atoms with Crippen molar-refractivity contribution in [3.63, 3.8) is 0 Å². The molecule has 0 aliphatic heterocycles. The Morgan fingerprint density at radius 1 is 1.00 bits per heavy atom. The maximum atomic E-state index is 12.8. The molecule has 0 fully saturated rings. The number of nitrogens with one attached hydrogen (secondary N) is 2. The molecule has 0 aliphatic carbocycles. The molecular formula is C20H18N4O2S. The summed E-state index contributed by atoms with van der Waals surface area (Å²) in [6.45, 7) is 0.177. The first-order chi connectivity index (χ1) is 13.0. The van der Waals surface area contributed by atoms with Crippen LogP contribution in [0.2, 0.25) is 0 Å². The van der Waals surface area contributed by atoms with Crippen molar-refractivity contribution in [1.29, 1.82) is 0 Å². The van der Waals surface area contributed by atoms with Gasteiger partial charge in [-0.15, -0.1) is 0 Å². The van der Waals surface area contributed by atoms with Gasteiger partial charge in [0.1, 0.15) is 5.65 Å². The Kier molecular flexibility index (Phi) is 4.39. The number of aromatic nitrogens is 2. The summed E-state index contributed by atoms with van der Waals surface area (Å²) in [5.41, 5.74) is 9.70. The molecule has 0 bridgehead atoms. The Morgan fingerprint density at radius 3 is 2.59 bits per heavy atom. The summed E-state index contributed by atoms with van der Waals surface area (Å²) >= 11 is 0. The number of H-pyrrole nitrogens is 1. The van der Waals surface area contributed by atoms with E-state index >= 15 is 0 Å². The van der Waals surface area contributed by atoms with Crippen LogP contribution in [0.1, 0.15) is 5.56 Å². The fourth-order valence-corrected chi connectivity index (χ4v) is 4.03. The summed E-state index contributed by atoms with van der Waals surface area (Å²) < 4.78 is 28.2. The summed E-state index contributed by atoms with van der Waals surface area (Å²) in [6.07, 6.45) is 3.46. The number of hydrogen-bond donors (Lipinski definition) is 3. The molecule has 0 atom stereocenters. The van der Waals surface area contributed by atoms with Gasteiger partial charge in [-0.05, 0) is 53.1 Å². The number of rotatable bonds is 5. The third-order valence-corrected chi connectivity index (χ3v) is 5.75. The summed E-state index contributed by atoms with van der Waals surface area (Å²) in [7, 11) is -3.66. The lowest BCUT2D eigenvalue weighted by Gasteiger charge is -2.09. The van der Waals surface area contributed by atoms with Crippen molar-refractivity contribution in [3.8, 4) is 11.1 Å². The number of nitrogens with two attached hydrogens (primary N) is 1. The third-order valence-electron chi connectivity index (χ3n) is 4.35. The molecule has 2 aromatic carbocycles. The molecule has 7 heteroatoms. The molecule has 0 amide bonds. The topological polar surface area (TPSA) is 101 Å². The third kappa shape index (κ3) is 3.55. The second kappa shape index (κ2) is 6.86. The molecule has 2 aromatic heterocycles. The zero-order chi connectivity index (χ0) is 18.9. The average molecular weight is 378 g/mol. The summed E-state index contributed by atoms with van der Waals surface area (Å²) in [6, 6.07) is 17.9. The van der Waals surface area contributed by atoms with E-state index in [1.54, 1.807) is 36.7 Å². The number of fused-ring (bicyclic) bond motifs is 1. The van der Waals surface area contributed by atoms with Crippen LogP contribution in [0, 0.1) is 0 Å². The van der Waals surface area contributed by atoms with Crippen LogP contribution in [0.25, 0.3) is 22.2 Å². The second-order valence-corrected chi connectivity index (χ2v) is 7.96. The van der Waals surface area contributed by atoms with Gasteiger partial charge in [0, 0.05) is 30.0 Å². The van der Waals surface area contributed by atoms with E-state index in [2.05, 4.69) is 14.7 Å². The van der Waals surface area contributed by atoms with Crippen molar-refractivity contribution in [1.82, 2.24) is 14.7 Å². The van der Waals surface area contributed by atoms with Crippen molar-refractivity contribution >= 4 is 26.7 Å². The molecule has 0 spiro atoms. The van der Waals surface area contributed by atoms with E-state index < -0.39 is 10.0 Å². The number of nitrogens with zero attached hydrogens (tertiary/aromatic N) is 1. The van der Waals surface area contributed by atoms with Gasteiger partial charge >= 0.3 is 0 Å². The van der Waals surface area contributed by atoms with Crippen LogP contribution in [0.3, 0.4) is 0 Å². The van der Waals surface area contributed by atoms with Crippen LogP contribution < -0.4 is 10.5 Å². The summed E-state index contributed by atoms with van der Waals surface area (Å²) in [5.74, 6) is 0. The Hall–Kier alpha value is -3.16. The van der Waals surface area contributed by atoms with E-state index in [0.29, 0.717) is 5.69 Å². The highest BCUT2D eigenvalue weighted by Gasteiger charge is 2.16. The lowest BCUT2D eigenvalue weighted by molar-refractivity contribution is 0.581. The van der Waals surface area contributed by atoms with Crippen molar-refractivity contribution in [2.24, 2.45) is 0 Å². The highest BCUT2D eigenvalue weighted by atomic mass is 32.2. The number of sulfonamides is 1. The van der Waals surface area contributed by atoms with Gasteiger partial charge in [0.2, 0.25) is 10.0 Å². The molecule has 0 saturated heterocycles. The molecule has 4 rings (SSSR count). The molecule has 27 heavy (non-hydrogen) atoms. The van der Waals surface area contributed by atoms with Gasteiger partial charge in [-0.3, -0.25) is 0 Å². The largest absolute Gasteiger partial charge is 0.399 e. The predicted octanol–water partition coefficient (Wildman–Crippen LogP) is 3.29. The minimum absolute atomic E-state index is 0.177. The zero-order valence-corrected chi connectivity index (χ0v) is 15.2. The summed E-state index contributed by atoms with van der Waals surface area (Å²) in [4.78, 5) is 7.46. The van der Waals surface area contributed by atoms with Gasteiger partial charge in [-0.25, -0.2) is 18.1 Å². The molecular weight excluding hydrogens is 360 g/mol. The maximum Gasteiger partial charge on any atom is 0.240 e. The van der Waals surface area contributed by atoms with Crippen LogP contribution in [0.4, 0.5) is 5.69 Å². The van der Waals surface area contributed by atoms with E-state index in [1.165, 1.54) is 0 Å². The maximum absolute atomic E-state index is 12.8. The average Bonchev–Trinajstić information content (AvgIpc) is 3.10. The highest BCUT2D eigenvalue weighted by molar-refractivity contribution is 7.89. The van der Waals surface area contributed by atoms with Gasteiger partial charge in [-0.2, -0.15) is 0 Å². The normalized spacial score (nSPS) is 11.7. The van der Waals surface area contributed by atoms with Crippen LogP contribution in [0.5, 0.6) is 0 Å². The number of anilines is 1. The molecule has 136 valence electrons. The van der Waals surface area contributed by atoms with E-state index in [9.17, 15) is 8.42 Å². The highest BCUT2D eigenvalue weighted by Crippen LogP contribution is 2.24. The van der Waals surface area contributed by atoms with Crippen LogP contribution in [-0.4, -0.2) is 18.4 Å². The molecule has 4 N–H and O–H groups in total. The van der Waals surface area contributed by atoms with E-state index in [1.807, 2.05) is 36.4 Å². The SMILES string of the molecule is Nc1cccc(-c2cccc(S(=O)(=O)NCc3c[nH]c4ncccc34)c2)c1. The van der Waals surface area contributed by atoms with Crippen molar-refractivity contribution in [2.45, 2.75) is 11.4 Å². The smallest absolute Gasteiger partial charge is 0.240 e. The molecule has 4 aromatic rings. The molecule has 2 heterocycles. The molecule has 0 unspecified atom stereocenters. The Bertz CT molecular complexity index is 1220. The quantitative estimate of drug-likeness (QED) is 0.464. The number of aromatic amines is 1. The van der Waals surface area contributed by atoms with E-state index in [4.69, 9.17) is 5.73 Å². The van der Waals surface area contributed by atoms with Gasteiger partial charge in [0.25, 0.3) is 0 Å². The number of benzene rings is 2. The standard InChI is InChI=1S/C20H18N4O2S/c21-17-6-1-4-14(10-17)15-5-2-7-18(11-15)27(25,26)24-13-16-12-23-20-19(16)8-3-9-22-20/h1-12,24H,13,21H2,(H,22,23). The monoisotopic (exact) mass is 378 g/mol. The summed E-state index contributed by atoms with van der Waals surface area (Å²) in [5, 5.41) is 0.897. The lowest BCUT2D eigenvalue weighted by Crippen LogP contribution is -2.23. The van der Waals surface area contributed by atoms with Gasteiger partial charge < -0.3 is 10.7 Å². The van der Waals surface area contributed by atoms with Crippen molar-refractivity contribution in [2.75, 3.05) is 5.73 Å². The van der Waals surface area contributed by atoms with Crippen molar-refractivity contribution in [3.05, 3.63) is 78.6 Å². The molecule has 0 radical (unpaired) electrons. The lowest BCUT2D eigenvalue weighted by atomic mass is 10.1. The van der Waals surface area contributed by atoms with Crippen molar-refractivity contribution < 1.29 is 8.42 Å². The van der Waals surface area contributed by atoms with Crippen LogP contribution in [-0.2, 0) is 16.6 Å². The number of hydrogen-bond acceptors (Lipinski definition) is 4. The molecule has 6 nitrogen and oxygen atoms in total. The first-order valence-corrected chi connectivity index (χ1v) is 9.88. The molecule has 0 aliphatic rings. The zero-order valence-electron chi connectivity index (χ0n) is 14.4. The predicted molar refractivity (Wildman–Crippen MR) is 106 cm³/mol. The number of nitrogen functional groups attached to an aromatic ring is 1. The Labute approximate surface area is 157 Å². The van der Waals surface area contributed by atoms with E-state index in [0.717, 1.165) is 27.7 Å². The minimum atomic E-state index is -3.66. The first-order valence-electron chi connectivity index (χ1n) is 8.39. The fourth-order valence-electron chi connectivity index (χ4n) is 2.98. The Balaban J connectivity index is 1.59. The minimum Gasteiger partial charge on any atom is -0.399 e. The molecule has 0 saturated carbocycles. The van der Waals surface area contributed by atoms with Gasteiger partial charge in [-0.1, -0.05) is 24.3 Å². The first kappa shape index (κ1) is 17.3. The van der Waals surface area contributed by atoms with Gasteiger partial charge in [0.05, 0.1) is 4.90 Å². The number of pyridine rings is 1. The van der Waals surface area contributed by atoms with Gasteiger partial charge in [0.15, 0.2) is 0 Å². The van der Waals surface area contributed by atoms with Crippen LogP contribution >= 0.6 is 0 Å². The van der Waals surface area contributed by atoms with E-state index in [-0.39, 0.29) is 11.4 Å².